The monoisotopic (exact) mass is 388 g/mol. The van der Waals surface area contributed by atoms with Crippen molar-refractivity contribution >= 4 is 49.0 Å². The van der Waals surface area contributed by atoms with Gasteiger partial charge in [0.2, 0.25) is 5.78 Å². The summed E-state index contributed by atoms with van der Waals surface area (Å²) in [5, 5.41) is 0. The molecule has 0 unspecified atom stereocenters. The van der Waals surface area contributed by atoms with Crippen LogP contribution in [-0.2, 0) is 0 Å². The molecule has 1 heterocycles. The summed E-state index contributed by atoms with van der Waals surface area (Å²) in [7, 11) is 0. The predicted molar refractivity (Wildman–Crippen MR) is 80.7 cm³/mol. The molecule has 1 aromatic carbocycles. The van der Waals surface area contributed by atoms with Crippen LogP contribution in [0.2, 0.25) is 0 Å². The number of ether oxygens (including phenoxy) is 1. The second kappa shape index (κ2) is 5.99. The highest BCUT2D eigenvalue weighted by molar-refractivity contribution is 9.11. The number of aryl methyl sites for hydroxylation is 1. The lowest BCUT2D eigenvalue weighted by molar-refractivity contribution is 0.0925. The fourth-order valence-electron chi connectivity index (χ4n) is 1.39. The van der Waals surface area contributed by atoms with Gasteiger partial charge < -0.3 is 4.74 Å². The molecule has 2 aromatic rings. The van der Waals surface area contributed by atoms with Crippen molar-refractivity contribution in [3.05, 3.63) is 49.0 Å². The zero-order valence-corrected chi connectivity index (χ0v) is 13.6. The summed E-state index contributed by atoms with van der Waals surface area (Å²) in [5.41, 5.74) is 1.08. The van der Waals surface area contributed by atoms with E-state index in [1.165, 1.54) is 11.3 Å². The Bertz CT molecular complexity index is 578. The SMILES string of the molecule is Cc1cc(OCC(=O)c2ccc(Br)s2)ccc1Br. The summed E-state index contributed by atoms with van der Waals surface area (Å²) in [6, 6.07) is 9.32. The Morgan fingerprint density at radius 1 is 1.28 bits per heavy atom. The van der Waals surface area contributed by atoms with Gasteiger partial charge in [-0.05, 0) is 58.7 Å². The Morgan fingerprint density at radius 2 is 2.06 bits per heavy atom. The predicted octanol–water partition coefficient (Wildman–Crippen LogP) is 4.84. The number of carbonyl (C=O) groups is 1. The minimum absolute atomic E-state index is 0.00808. The van der Waals surface area contributed by atoms with Gasteiger partial charge in [-0.3, -0.25) is 4.79 Å². The summed E-state index contributed by atoms with van der Waals surface area (Å²) >= 11 is 8.17. The van der Waals surface area contributed by atoms with E-state index < -0.39 is 0 Å². The molecule has 0 spiro atoms. The van der Waals surface area contributed by atoms with Gasteiger partial charge in [0, 0.05) is 4.47 Å². The first kappa shape index (κ1) is 13.8. The van der Waals surface area contributed by atoms with Crippen LogP contribution in [0.1, 0.15) is 15.2 Å². The normalized spacial score (nSPS) is 10.4. The van der Waals surface area contributed by atoms with Gasteiger partial charge in [0.15, 0.2) is 6.61 Å². The minimum Gasteiger partial charge on any atom is -0.485 e. The molecule has 0 aliphatic rings. The summed E-state index contributed by atoms with van der Waals surface area (Å²) in [5.74, 6) is 0.700. The fraction of sp³-hybridized carbons (Fsp3) is 0.154. The molecule has 0 N–H and O–H groups in total. The highest BCUT2D eigenvalue weighted by Gasteiger charge is 2.09. The van der Waals surface area contributed by atoms with Crippen LogP contribution in [0.15, 0.2) is 38.6 Å². The van der Waals surface area contributed by atoms with Crippen LogP contribution in [0.5, 0.6) is 5.75 Å². The first-order chi connectivity index (χ1) is 8.56. The molecule has 94 valence electrons. The molecule has 0 saturated carbocycles. The lowest BCUT2D eigenvalue weighted by Crippen LogP contribution is -2.10. The van der Waals surface area contributed by atoms with Crippen molar-refractivity contribution in [3.8, 4) is 5.75 Å². The van der Waals surface area contributed by atoms with Crippen LogP contribution in [-0.4, -0.2) is 12.4 Å². The van der Waals surface area contributed by atoms with Gasteiger partial charge >= 0.3 is 0 Å². The second-order valence-electron chi connectivity index (χ2n) is 3.73. The van der Waals surface area contributed by atoms with Gasteiger partial charge in [-0.1, -0.05) is 15.9 Å². The summed E-state index contributed by atoms with van der Waals surface area (Å²) in [4.78, 5) is 12.5. The third-order valence-corrected chi connectivity index (χ3v) is 4.90. The third kappa shape index (κ3) is 3.43. The lowest BCUT2D eigenvalue weighted by Gasteiger charge is -2.06. The van der Waals surface area contributed by atoms with E-state index in [0.717, 1.165) is 13.8 Å². The molecule has 2 nitrogen and oxygen atoms in total. The highest BCUT2D eigenvalue weighted by Crippen LogP contribution is 2.24. The Labute approximate surface area is 126 Å². The molecular weight excluding hydrogens is 380 g/mol. The largest absolute Gasteiger partial charge is 0.485 e. The van der Waals surface area contributed by atoms with Crippen molar-refractivity contribution in [1.82, 2.24) is 0 Å². The maximum Gasteiger partial charge on any atom is 0.210 e. The summed E-state index contributed by atoms with van der Waals surface area (Å²) in [6.45, 7) is 2.04. The van der Waals surface area contributed by atoms with Crippen molar-refractivity contribution in [2.75, 3.05) is 6.61 Å². The zero-order valence-electron chi connectivity index (χ0n) is 9.57. The minimum atomic E-state index is -0.00808. The van der Waals surface area contributed by atoms with E-state index in [9.17, 15) is 4.79 Å². The Kier molecular flexibility index (Phi) is 4.59. The highest BCUT2D eigenvalue weighted by atomic mass is 79.9. The Balaban J connectivity index is 1.99. The Morgan fingerprint density at radius 3 is 2.67 bits per heavy atom. The molecule has 0 aliphatic carbocycles. The smallest absolute Gasteiger partial charge is 0.210 e. The van der Waals surface area contributed by atoms with E-state index >= 15 is 0 Å². The summed E-state index contributed by atoms with van der Waals surface area (Å²) in [6.07, 6.45) is 0. The van der Waals surface area contributed by atoms with Crippen molar-refractivity contribution in [1.29, 1.82) is 0 Å². The van der Waals surface area contributed by atoms with Crippen molar-refractivity contribution in [3.63, 3.8) is 0 Å². The maximum absolute atomic E-state index is 11.8. The lowest BCUT2D eigenvalue weighted by atomic mass is 10.2. The van der Waals surface area contributed by atoms with Crippen molar-refractivity contribution in [2.45, 2.75) is 6.92 Å². The van der Waals surface area contributed by atoms with Crippen LogP contribution >= 0.6 is 43.2 Å². The van der Waals surface area contributed by atoms with E-state index in [2.05, 4.69) is 31.9 Å². The third-order valence-electron chi connectivity index (χ3n) is 2.35. The number of hydrogen-bond donors (Lipinski definition) is 0. The Hall–Kier alpha value is -0.650. The molecule has 0 atom stereocenters. The number of carbonyl (C=O) groups excluding carboxylic acids is 1. The number of Topliss-reactive ketones (excluding diaryl/α,β-unsaturated/α-hetero) is 1. The average molecular weight is 390 g/mol. The molecule has 0 aliphatic heterocycles. The van der Waals surface area contributed by atoms with Gasteiger partial charge in [0.1, 0.15) is 5.75 Å². The quantitative estimate of drug-likeness (QED) is 0.699. The van der Waals surface area contributed by atoms with E-state index in [1.54, 1.807) is 6.07 Å². The van der Waals surface area contributed by atoms with Gasteiger partial charge in [-0.2, -0.15) is 0 Å². The van der Waals surface area contributed by atoms with E-state index in [4.69, 9.17) is 4.74 Å². The molecule has 0 bridgehead atoms. The van der Waals surface area contributed by atoms with Crippen LogP contribution in [0.25, 0.3) is 0 Å². The maximum atomic E-state index is 11.8. The van der Waals surface area contributed by atoms with Crippen LogP contribution in [0.4, 0.5) is 0 Å². The summed E-state index contributed by atoms with van der Waals surface area (Å²) < 4.78 is 7.47. The molecule has 0 amide bonds. The molecule has 18 heavy (non-hydrogen) atoms. The number of thiophene rings is 1. The van der Waals surface area contributed by atoms with Crippen molar-refractivity contribution in [2.24, 2.45) is 0 Å². The average Bonchev–Trinajstić information content (AvgIpc) is 2.77. The van der Waals surface area contributed by atoms with Gasteiger partial charge in [0.25, 0.3) is 0 Å². The number of rotatable bonds is 4. The number of hydrogen-bond acceptors (Lipinski definition) is 3. The van der Waals surface area contributed by atoms with Crippen molar-refractivity contribution < 1.29 is 9.53 Å². The molecule has 0 radical (unpaired) electrons. The first-order valence-corrected chi connectivity index (χ1v) is 7.64. The van der Waals surface area contributed by atoms with Crippen LogP contribution in [0, 0.1) is 6.92 Å². The van der Waals surface area contributed by atoms with Crippen LogP contribution < -0.4 is 4.74 Å². The van der Waals surface area contributed by atoms with Gasteiger partial charge in [0.05, 0.1) is 8.66 Å². The second-order valence-corrected chi connectivity index (χ2v) is 7.04. The molecule has 5 heteroatoms. The van der Waals surface area contributed by atoms with E-state index in [1.807, 2.05) is 31.2 Å². The number of halogens is 2. The van der Waals surface area contributed by atoms with Gasteiger partial charge in [-0.25, -0.2) is 0 Å². The number of ketones is 1. The molecular formula is C13H10Br2O2S. The van der Waals surface area contributed by atoms with Gasteiger partial charge in [-0.15, -0.1) is 11.3 Å². The molecule has 0 fully saturated rings. The molecule has 2 rings (SSSR count). The topological polar surface area (TPSA) is 26.3 Å². The zero-order chi connectivity index (χ0) is 13.1. The first-order valence-electron chi connectivity index (χ1n) is 5.24. The standard InChI is InChI=1S/C13H10Br2O2S/c1-8-6-9(2-3-10(8)14)17-7-11(16)12-4-5-13(15)18-12/h2-6H,7H2,1H3. The van der Waals surface area contributed by atoms with E-state index in [-0.39, 0.29) is 12.4 Å². The van der Waals surface area contributed by atoms with E-state index in [0.29, 0.717) is 10.6 Å². The molecule has 1 aromatic heterocycles. The fourth-order valence-corrected chi connectivity index (χ4v) is 2.95. The molecule has 0 saturated heterocycles. The number of benzene rings is 1. The van der Waals surface area contributed by atoms with Crippen LogP contribution in [0.3, 0.4) is 0 Å².